The van der Waals surface area contributed by atoms with Gasteiger partial charge in [-0.2, -0.15) is 0 Å². The number of benzene rings is 1. The monoisotopic (exact) mass is 229 g/mol. The SMILES string of the molecule is OB(O)c1cnccc1OCc1ccccc1. The lowest BCUT2D eigenvalue weighted by Crippen LogP contribution is -2.31. The Balaban J connectivity index is 2.09. The number of rotatable bonds is 4. The van der Waals surface area contributed by atoms with Crippen LogP contribution in [-0.2, 0) is 6.61 Å². The van der Waals surface area contributed by atoms with Gasteiger partial charge in [0.25, 0.3) is 0 Å². The van der Waals surface area contributed by atoms with E-state index >= 15 is 0 Å². The van der Waals surface area contributed by atoms with Crippen molar-refractivity contribution in [3.8, 4) is 5.75 Å². The van der Waals surface area contributed by atoms with Crippen molar-refractivity contribution in [2.24, 2.45) is 0 Å². The molecule has 2 rings (SSSR count). The highest BCUT2D eigenvalue weighted by Gasteiger charge is 2.16. The summed E-state index contributed by atoms with van der Waals surface area (Å²) < 4.78 is 5.52. The number of nitrogens with zero attached hydrogens (tertiary/aromatic N) is 1. The van der Waals surface area contributed by atoms with Crippen molar-refractivity contribution >= 4 is 12.6 Å². The molecule has 1 aromatic heterocycles. The number of aromatic nitrogens is 1. The summed E-state index contributed by atoms with van der Waals surface area (Å²) >= 11 is 0. The Morgan fingerprint density at radius 2 is 1.88 bits per heavy atom. The third-order valence-corrected chi connectivity index (χ3v) is 2.33. The first-order chi connectivity index (χ1) is 8.27. The van der Waals surface area contributed by atoms with Crippen molar-refractivity contribution in [1.82, 2.24) is 4.98 Å². The molecule has 0 spiro atoms. The molecular formula is C12H12BNO3. The van der Waals surface area contributed by atoms with Gasteiger partial charge in [-0.05, 0) is 11.6 Å². The first-order valence-corrected chi connectivity index (χ1v) is 5.24. The average Bonchev–Trinajstić information content (AvgIpc) is 2.38. The van der Waals surface area contributed by atoms with Crippen LogP contribution < -0.4 is 10.2 Å². The maximum absolute atomic E-state index is 9.14. The van der Waals surface area contributed by atoms with Crippen LogP contribution in [0.4, 0.5) is 0 Å². The molecule has 17 heavy (non-hydrogen) atoms. The molecule has 0 aliphatic rings. The van der Waals surface area contributed by atoms with Crippen molar-refractivity contribution < 1.29 is 14.8 Å². The van der Waals surface area contributed by atoms with Crippen LogP contribution in [0.5, 0.6) is 5.75 Å². The number of ether oxygens (including phenoxy) is 1. The molecule has 5 heteroatoms. The molecule has 0 aliphatic carbocycles. The van der Waals surface area contributed by atoms with Gasteiger partial charge in [0.05, 0.1) is 0 Å². The molecule has 0 unspecified atom stereocenters. The summed E-state index contributed by atoms with van der Waals surface area (Å²) in [6, 6.07) is 11.3. The van der Waals surface area contributed by atoms with Crippen LogP contribution in [0.2, 0.25) is 0 Å². The van der Waals surface area contributed by atoms with Gasteiger partial charge in [-0.15, -0.1) is 0 Å². The number of hydrogen-bond donors (Lipinski definition) is 2. The molecule has 0 radical (unpaired) electrons. The van der Waals surface area contributed by atoms with Gasteiger partial charge in [-0.25, -0.2) is 0 Å². The van der Waals surface area contributed by atoms with E-state index in [-0.39, 0.29) is 5.46 Å². The highest BCUT2D eigenvalue weighted by molar-refractivity contribution is 6.59. The largest absolute Gasteiger partial charge is 0.493 e. The Morgan fingerprint density at radius 1 is 1.12 bits per heavy atom. The quantitative estimate of drug-likeness (QED) is 0.742. The van der Waals surface area contributed by atoms with Crippen LogP contribution in [0.15, 0.2) is 48.8 Å². The summed E-state index contributed by atoms with van der Waals surface area (Å²) in [6.45, 7) is 0.380. The molecular weight excluding hydrogens is 217 g/mol. The van der Waals surface area contributed by atoms with Gasteiger partial charge in [0.15, 0.2) is 0 Å². The summed E-state index contributed by atoms with van der Waals surface area (Å²) in [5, 5.41) is 18.3. The van der Waals surface area contributed by atoms with Gasteiger partial charge in [0.2, 0.25) is 0 Å². The van der Waals surface area contributed by atoms with Crippen LogP contribution in [0.25, 0.3) is 0 Å². The molecule has 2 N–H and O–H groups in total. The number of pyridine rings is 1. The molecule has 0 atom stereocenters. The van der Waals surface area contributed by atoms with E-state index in [9.17, 15) is 0 Å². The fourth-order valence-corrected chi connectivity index (χ4v) is 1.45. The first kappa shape index (κ1) is 11.6. The van der Waals surface area contributed by atoms with E-state index < -0.39 is 7.12 Å². The summed E-state index contributed by atoms with van der Waals surface area (Å²) in [6.07, 6.45) is 2.93. The molecule has 1 heterocycles. The van der Waals surface area contributed by atoms with Crippen molar-refractivity contribution in [3.63, 3.8) is 0 Å². The molecule has 0 fully saturated rings. The Hall–Kier alpha value is -1.85. The Bertz CT molecular complexity index is 476. The van der Waals surface area contributed by atoms with E-state index in [0.29, 0.717) is 12.4 Å². The maximum atomic E-state index is 9.14. The smallest absolute Gasteiger partial charge is 0.489 e. The predicted molar refractivity (Wildman–Crippen MR) is 64.8 cm³/mol. The summed E-state index contributed by atoms with van der Waals surface area (Å²) in [7, 11) is -1.57. The molecule has 0 aliphatic heterocycles. The van der Waals surface area contributed by atoms with Crippen molar-refractivity contribution in [3.05, 3.63) is 54.4 Å². The van der Waals surface area contributed by atoms with E-state index in [1.54, 1.807) is 12.3 Å². The molecule has 0 saturated heterocycles. The summed E-state index contributed by atoms with van der Waals surface area (Å²) in [4.78, 5) is 3.82. The zero-order valence-corrected chi connectivity index (χ0v) is 9.15. The molecule has 1 aromatic carbocycles. The number of hydrogen-bond acceptors (Lipinski definition) is 4. The lowest BCUT2D eigenvalue weighted by molar-refractivity contribution is 0.306. The van der Waals surface area contributed by atoms with E-state index in [4.69, 9.17) is 14.8 Å². The molecule has 0 amide bonds. The topological polar surface area (TPSA) is 62.6 Å². The third kappa shape index (κ3) is 3.06. The van der Waals surface area contributed by atoms with Crippen molar-refractivity contribution in [1.29, 1.82) is 0 Å². The highest BCUT2D eigenvalue weighted by Crippen LogP contribution is 2.09. The predicted octanol–water partition coefficient (Wildman–Crippen LogP) is 0.340. The van der Waals surface area contributed by atoms with Crippen molar-refractivity contribution in [2.45, 2.75) is 6.61 Å². The normalized spacial score (nSPS) is 10.0. The molecule has 0 saturated carbocycles. The zero-order valence-electron chi connectivity index (χ0n) is 9.15. The second kappa shape index (κ2) is 5.47. The van der Waals surface area contributed by atoms with E-state index in [2.05, 4.69) is 4.98 Å². The van der Waals surface area contributed by atoms with E-state index in [1.807, 2.05) is 30.3 Å². The highest BCUT2D eigenvalue weighted by atomic mass is 16.5. The van der Waals surface area contributed by atoms with Crippen LogP contribution in [-0.4, -0.2) is 22.2 Å². The zero-order chi connectivity index (χ0) is 12.1. The first-order valence-electron chi connectivity index (χ1n) is 5.24. The Labute approximate surface area is 99.7 Å². The average molecular weight is 229 g/mol. The lowest BCUT2D eigenvalue weighted by atomic mass is 9.81. The second-order valence-electron chi connectivity index (χ2n) is 3.56. The molecule has 2 aromatic rings. The third-order valence-electron chi connectivity index (χ3n) is 2.33. The van der Waals surface area contributed by atoms with Gasteiger partial charge >= 0.3 is 7.12 Å². The van der Waals surface area contributed by atoms with Gasteiger partial charge in [-0.3, -0.25) is 4.98 Å². The lowest BCUT2D eigenvalue weighted by Gasteiger charge is -2.10. The Kier molecular flexibility index (Phi) is 3.75. The van der Waals surface area contributed by atoms with Crippen LogP contribution >= 0.6 is 0 Å². The van der Waals surface area contributed by atoms with E-state index in [1.165, 1.54) is 6.20 Å². The summed E-state index contributed by atoms with van der Waals surface area (Å²) in [5.74, 6) is 0.429. The van der Waals surface area contributed by atoms with Crippen LogP contribution in [0, 0.1) is 0 Å². The molecule has 0 bridgehead atoms. The van der Waals surface area contributed by atoms with Gasteiger partial charge in [-0.1, -0.05) is 30.3 Å². The standard InChI is InChI=1S/C12H12BNO3/c15-13(16)11-8-14-7-6-12(11)17-9-10-4-2-1-3-5-10/h1-8,15-16H,9H2. The second-order valence-corrected chi connectivity index (χ2v) is 3.56. The van der Waals surface area contributed by atoms with Gasteiger partial charge < -0.3 is 14.8 Å². The van der Waals surface area contributed by atoms with Crippen LogP contribution in [0.3, 0.4) is 0 Å². The minimum atomic E-state index is -1.57. The van der Waals surface area contributed by atoms with E-state index in [0.717, 1.165) is 5.56 Å². The van der Waals surface area contributed by atoms with Crippen LogP contribution in [0.1, 0.15) is 5.56 Å². The maximum Gasteiger partial charge on any atom is 0.493 e. The molecule has 4 nitrogen and oxygen atoms in total. The fraction of sp³-hybridized carbons (Fsp3) is 0.0833. The fourth-order valence-electron chi connectivity index (χ4n) is 1.45. The molecule has 86 valence electrons. The minimum absolute atomic E-state index is 0.267. The van der Waals surface area contributed by atoms with Gasteiger partial charge in [0, 0.05) is 17.9 Å². The van der Waals surface area contributed by atoms with Gasteiger partial charge in [0.1, 0.15) is 12.4 Å². The Morgan fingerprint density at radius 3 is 2.59 bits per heavy atom. The summed E-state index contributed by atoms with van der Waals surface area (Å²) in [5.41, 5.74) is 1.28. The van der Waals surface area contributed by atoms with Crippen molar-refractivity contribution in [2.75, 3.05) is 0 Å². The minimum Gasteiger partial charge on any atom is -0.489 e.